The number of rotatable bonds is 4. The molecule has 0 N–H and O–H groups in total. The van der Waals surface area contributed by atoms with Crippen molar-refractivity contribution in [2.24, 2.45) is 0 Å². The summed E-state index contributed by atoms with van der Waals surface area (Å²) in [6.45, 7) is 5.55. The maximum absolute atomic E-state index is 13.2. The lowest BCUT2D eigenvalue weighted by atomic mass is 10.0. The highest BCUT2D eigenvalue weighted by molar-refractivity contribution is 5.90. The van der Waals surface area contributed by atoms with Gasteiger partial charge in [0, 0.05) is 23.9 Å². The average Bonchev–Trinajstić information content (AvgIpc) is 3.11. The van der Waals surface area contributed by atoms with E-state index in [9.17, 15) is 9.59 Å². The molecule has 0 bridgehead atoms. The Morgan fingerprint density at radius 1 is 0.973 bits per heavy atom. The second-order valence-corrected chi connectivity index (χ2v) is 10.5. The second-order valence-electron chi connectivity index (χ2n) is 10.5. The van der Waals surface area contributed by atoms with Gasteiger partial charge in [-0.1, -0.05) is 49.2 Å². The summed E-state index contributed by atoms with van der Waals surface area (Å²) in [5.41, 5.74) is 4.33. The van der Waals surface area contributed by atoms with E-state index in [0.29, 0.717) is 5.69 Å². The molecule has 190 valence electrons. The van der Waals surface area contributed by atoms with Crippen LogP contribution in [-0.4, -0.2) is 31.0 Å². The zero-order valence-electron chi connectivity index (χ0n) is 21.6. The van der Waals surface area contributed by atoms with E-state index in [1.807, 2.05) is 80.0 Å². The first-order valence-corrected chi connectivity index (χ1v) is 12.9. The second kappa shape index (κ2) is 10.2. The van der Waals surface area contributed by atoms with Crippen molar-refractivity contribution in [1.82, 2.24) is 19.4 Å². The first kappa shape index (κ1) is 24.7. The molecule has 37 heavy (non-hydrogen) atoms. The molecule has 1 fully saturated rings. The van der Waals surface area contributed by atoms with Crippen LogP contribution >= 0.6 is 0 Å². The number of nitrogens with zero attached hydrogens (tertiary/aromatic N) is 4. The Bertz CT molecular complexity index is 1510. The third-order valence-electron chi connectivity index (χ3n) is 6.54. The van der Waals surface area contributed by atoms with Crippen molar-refractivity contribution >= 4 is 11.5 Å². The fourth-order valence-electron chi connectivity index (χ4n) is 4.96. The molecule has 1 aliphatic carbocycles. The van der Waals surface area contributed by atoms with Gasteiger partial charge in [0.2, 0.25) is 0 Å². The summed E-state index contributed by atoms with van der Waals surface area (Å²) in [6, 6.07) is 18.9. The number of fused-ring (bicyclic) bond motifs is 1. The van der Waals surface area contributed by atoms with Crippen molar-refractivity contribution in [3.63, 3.8) is 0 Å². The fourth-order valence-corrected chi connectivity index (χ4v) is 4.96. The maximum atomic E-state index is 13.2. The summed E-state index contributed by atoms with van der Waals surface area (Å²) in [6.07, 6.45) is 7.93. The standard InChI is InChI=1S/C30H32N4O3/c1-30(2,3)37-27(36)20-22-14-8-5-9-15-24(22)34-26(35)18-17-23(31-34)28-25-16-10-11-19-33(25)32-29(28)21-12-6-4-7-13-21/h4,6-7,10-13,16-20,24H,5,8-9,14-15H2,1-3H3/b22-20+. The first-order valence-electron chi connectivity index (χ1n) is 12.9. The molecule has 7 nitrogen and oxygen atoms in total. The minimum Gasteiger partial charge on any atom is -0.457 e. The molecule has 7 heteroatoms. The summed E-state index contributed by atoms with van der Waals surface area (Å²) in [4.78, 5) is 25.9. The summed E-state index contributed by atoms with van der Waals surface area (Å²) in [5.74, 6) is -0.382. The van der Waals surface area contributed by atoms with E-state index in [1.54, 1.807) is 22.9 Å². The summed E-state index contributed by atoms with van der Waals surface area (Å²) >= 11 is 0. The zero-order chi connectivity index (χ0) is 26.0. The van der Waals surface area contributed by atoms with Crippen molar-refractivity contribution in [3.05, 3.63) is 88.9 Å². The number of carbonyl (C=O) groups excluding carboxylic acids is 1. The number of carbonyl (C=O) groups is 1. The third-order valence-corrected chi connectivity index (χ3v) is 6.54. The zero-order valence-corrected chi connectivity index (χ0v) is 21.6. The predicted octanol–water partition coefficient (Wildman–Crippen LogP) is 6.00. The molecule has 3 heterocycles. The molecule has 5 rings (SSSR count). The summed E-state index contributed by atoms with van der Waals surface area (Å²) < 4.78 is 8.95. The number of hydrogen-bond donors (Lipinski definition) is 0. The minimum absolute atomic E-state index is 0.191. The Kier molecular flexibility index (Phi) is 6.78. The topological polar surface area (TPSA) is 78.5 Å². The highest BCUT2D eigenvalue weighted by atomic mass is 16.6. The summed E-state index contributed by atoms with van der Waals surface area (Å²) in [7, 11) is 0. The molecule has 4 aromatic rings. The van der Waals surface area contributed by atoms with Crippen molar-refractivity contribution in [2.45, 2.75) is 64.5 Å². The van der Waals surface area contributed by atoms with Crippen molar-refractivity contribution in [3.8, 4) is 22.5 Å². The van der Waals surface area contributed by atoms with Gasteiger partial charge in [-0.25, -0.2) is 14.0 Å². The van der Waals surface area contributed by atoms with Gasteiger partial charge < -0.3 is 4.74 Å². The molecule has 1 aromatic carbocycles. The molecule has 3 aromatic heterocycles. The minimum atomic E-state index is -0.583. The lowest BCUT2D eigenvalue weighted by Gasteiger charge is -2.22. The van der Waals surface area contributed by atoms with E-state index in [1.165, 1.54) is 0 Å². The average molecular weight is 497 g/mol. The van der Waals surface area contributed by atoms with Gasteiger partial charge in [-0.3, -0.25) is 4.79 Å². The van der Waals surface area contributed by atoms with Crippen LogP contribution in [0.4, 0.5) is 0 Å². The van der Waals surface area contributed by atoms with Gasteiger partial charge >= 0.3 is 5.97 Å². The van der Waals surface area contributed by atoms with Crippen LogP contribution < -0.4 is 5.56 Å². The molecule has 0 spiro atoms. The van der Waals surface area contributed by atoms with Gasteiger partial charge in [-0.05, 0) is 63.8 Å². The third kappa shape index (κ3) is 5.40. The SMILES string of the molecule is CC(C)(C)OC(=O)/C=C1\CCCCCC1n1nc(-c2c(-c3ccccc3)nn3ccccc23)ccc1=O. The van der Waals surface area contributed by atoms with E-state index in [0.717, 1.165) is 60.0 Å². The fraction of sp³-hybridized carbons (Fsp3) is 0.333. The van der Waals surface area contributed by atoms with Gasteiger partial charge in [-0.15, -0.1) is 0 Å². The van der Waals surface area contributed by atoms with Gasteiger partial charge in [-0.2, -0.15) is 10.2 Å². The molecule has 1 unspecified atom stereocenters. The highest BCUT2D eigenvalue weighted by Gasteiger charge is 2.25. The van der Waals surface area contributed by atoms with E-state index >= 15 is 0 Å². The van der Waals surface area contributed by atoms with E-state index < -0.39 is 5.60 Å². The van der Waals surface area contributed by atoms with Crippen LogP contribution in [0.2, 0.25) is 0 Å². The van der Waals surface area contributed by atoms with Crippen molar-refractivity contribution < 1.29 is 9.53 Å². The monoisotopic (exact) mass is 496 g/mol. The quantitative estimate of drug-likeness (QED) is 0.197. The van der Waals surface area contributed by atoms with Crippen LogP contribution in [-0.2, 0) is 9.53 Å². The molecule has 0 saturated heterocycles. The van der Waals surface area contributed by atoms with Crippen LogP contribution in [0.15, 0.2) is 83.3 Å². The number of ether oxygens (including phenoxy) is 1. The van der Waals surface area contributed by atoms with E-state index in [-0.39, 0.29) is 17.6 Å². The largest absolute Gasteiger partial charge is 0.457 e. The molecule has 0 aliphatic heterocycles. The van der Waals surface area contributed by atoms with Crippen LogP contribution in [0.5, 0.6) is 0 Å². The smallest absolute Gasteiger partial charge is 0.331 e. The first-order chi connectivity index (χ1) is 17.8. The van der Waals surface area contributed by atoms with E-state index in [4.69, 9.17) is 14.9 Å². The number of benzene rings is 1. The van der Waals surface area contributed by atoms with Crippen molar-refractivity contribution in [2.75, 3.05) is 0 Å². The number of pyridine rings is 1. The van der Waals surface area contributed by atoms with Gasteiger partial charge in [0.05, 0.1) is 22.8 Å². The van der Waals surface area contributed by atoms with Crippen LogP contribution in [0.25, 0.3) is 28.0 Å². The Morgan fingerprint density at radius 2 is 1.76 bits per heavy atom. The molecule has 1 atom stereocenters. The molecular formula is C30H32N4O3. The number of aromatic nitrogens is 4. The Hall–Kier alpha value is -4.00. The normalized spacial score (nSPS) is 17.6. The van der Waals surface area contributed by atoms with Gasteiger partial charge in [0.25, 0.3) is 5.56 Å². The molecule has 0 radical (unpaired) electrons. The Labute approximate surface area is 216 Å². The Balaban J connectivity index is 1.63. The highest BCUT2D eigenvalue weighted by Crippen LogP contribution is 2.35. The van der Waals surface area contributed by atoms with Crippen molar-refractivity contribution in [1.29, 1.82) is 0 Å². The van der Waals surface area contributed by atoms with Crippen LogP contribution in [0.1, 0.15) is 58.9 Å². The summed E-state index contributed by atoms with van der Waals surface area (Å²) in [5, 5.41) is 9.75. The van der Waals surface area contributed by atoms with Crippen LogP contribution in [0, 0.1) is 0 Å². The lowest BCUT2D eigenvalue weighted by Crippen LogP contribution is -2.29. The number of hydrogen-bond acceptors (Lipinski definition) is 5. The molecular weight excluding hydrogens is 464 g/mol. The molecule has 1 aliphatic rings. The van der Waals surface area contributed by atoms with Gasteiger partial charge in [0.1, 0.15) is 11.3 Å². The molecule has 1 saturated carbocycles. The Morgan fingerprint density at radius 3 is 2.54 bits per heavy atom. The van der Waals surface area contributed by atoms with Gasteiger partial charge in [0.15, 0.2) is 0 Å². The predicted molar refractivity (Wildman–Crippen MR) is 144 cm³/mol. The lowest BCUT2D eigenvalue weighted by molar-refractivity contribution is -0.148. The number of allylic oxidation sites excluding steroid dienone is 1. The molecule has 0 amide bonds. The number of esters is 1. The van der Waals surface area contributed by atoms with E-state index in [2.05, 4.69) is 0 Å². The van der Waals surface area contributed by atoms with Crippen LogP contribution in [0.3, 0.4) is 0 Å². The maximum Gasteiger partial charge on any atom is 0.331 e.